The van der Waals surface area contributed by atoms with Crippen LogP contribution in [0.4, 0.5) is 4.39 Å². The smallest absolute Gasteiger partial charge is 0.117 e. The lowest BCUT2D eigenvalue weighted by Gasteiger charge is -2.34. The molecule has 72 valence electrons. The van der Waals surface area contributed by atoms with E-state index < -0.39 is 12.8 Å². The standard InChI is InChI=1S/C9H18FNO/c1-8-4-2-3-5-11(8)7-9(12)6-10/h8-9,12H,2-7H2,1H3. The van der Waals surface area contributed by atoms with Gasteiger partial charge in [-0.1, -0.05) is 6.42 Å². The first-order valence-corrected chi connectivity index (χ1v) is 4.72. The van der Waals surface area contributed by atoms with Crippen molar-refractivity contribution >= 4 is 0 Å². The number of hydrogen-bond acceptors (Lipinski definition) is 2. The number of aliphatic hydroxyl groups excluding tert-OH is 1. The molecule has 1 aliphatic rings. The second-order valence-corrected chi connectivity index (χ2v) is 3.65. The van der Waals surface area contributed by atoms with Crippen LogP contribution in [0.3, 0.4) is 0 Å². The van der Waals surface area contributed by atoms with E-state index in [1.165, 1.54) is 19.3 Å². The van der Waals surface area contributed by atoms with Gasteiger partial charge in [-0.25, -0.2) is 4.39 Å². The summed E-state index contributed by atoms with van der Waals surface area (Å²) in [6.07, 6.45) is 2.84. The van der Waals surface area contributed by atoms with E-state index in [1.807, 2.05) is 0 Å². The molecular weight excluding hydrogens is 157 g/mol. The highest BCUT2D eigenvalue weighted by atomic mass is 19.1. The Labute approximate surface area is 73.4 Å². The third kappa shape index (κ3) is 2.72. The Morgan fingerprint density at radius 2 is 2.33 bits per heavy atom. The van der Waals surface area contributed by atoms with Crippen LogP contribution < -0.4 is 0 Å². The van der Waals surface area contributed by atoms with Crippen molar-refractivity contribution in [2.45, 2.75) is 38.3 Å². The van der Waals surface area contributed by atoms with Gasteiger partial charge in [0.15, 0.2) is 0 Å². The molecule has 3 heteroatoms. The Kier molecular flexibility index (Phi) is 3.95. The van der Waals surface area contributed by atoms with Crippen LogP contribution in [-0.2, 0) is 0 Å². The first-order chi connectivity index (χ1) is 5.74. The van der Waals surface area contributed by atoms with Gasteiger partial charge in [0.05, 0.1) is 6.10 Å². The summed E-state index contributed by atoms with van der Waals surface area (Å²) in [6.45, 7) is 3.03. The van der Waals surface area contributed by atoms with Crippen LogP contribution in [0.15, 0.2) is 0 Å². The second-order valence-electron chi connectivity index (χ2n) is 3.65. The highest BCUT2D eigenvalue weighted by molar-refractivity contribution is 4.75. The SMILES string of the molecule is CC1CCCCN1CC(O)CF. The number of nitrogens with zero attached hydrogens (tertiary/aromatic N) is 1. The molecule has 0 aromatic heterocycles. The second kappa shape index (κ2) is 4.77. The number of piperidine rings is 1. The molecule has 0 spiro atoms. The van der Waals surface area contributed by atoms with E-state index in [-0.39, 0.29) is 0 Å². The molecule has 1 saturated heterocycles. The first kappa shape index (κ1) is 9.93. The van der Waals surface area contributed by atoms with Crippen molar-refractivity contribution < 1.29 is 9.50 Å². The predicted molar refractivity (Wildman–Crippen MR) is 46.9 cm³/mol. The average molecular weight is 175 g/mol. The minimum atomic E-state index is -0.787. The molecular formula is C9H18FNO. The molecule has 0 amide bonds. The lowest BCUT2D eigenvalue weighted by molar-refractivity contribution is 0.0586. The van der Waals surface area contributed by atoms with Crippen molar-refractivity contribution in [2.75, 3.05) is 19.8 Å². The maximum absolute atomic E-state index is 12.0. The highest BCUT2D eigenvalue weighted by Gasteiger charge is 2.20. The average Bonchev–Trinajstić information content (AvgIpc) is 2.09. The van der Waals surface area contributed by atoms with E-state index in [0.29, 0.717) is 12.6 Å². The highest BCUT2D eigenvalue weighted by Crippen LogP contribution is 2.16. The van der Waals surface area contributed by atoms with Gasteiger partial charge in [0.1, 0.15) is 6.67 Å². The van der Waals surface area contributed by atoms with Crippen molar-refractivity contribution in [2.24, 2.45) is 0 Å². The van der Waals surface area contributed by atoms with Crippen LogP contribution in [0.1, 0.15) is 26.2 Å². The topological polar surface area (TPSA) is 23.5 Å². The van der Waals surface area contributed by atoms with Crippen molar-refractivity contribution in [3.63, 3.8) is 0 Å². The predicted octanol–water partition coefficient (Wildman–Crippen LogP) is 1.19. The van der Waals surface area contributed by atoms with E-state index in [1.54, 1.807) is 0 Å². The van der Waals surface area contributed by atoms with Gasteiger partial charge in [0.2, 0.25) is 0 Å². The molecule has 2 unspecified atom stereocenters. The fraction of sp³-hybridized carbons (Fsp3) is 1.00. The molecule has 0 aromatic carbocycles. The molecule has 1 heterocycles. The summed E-state index contributed by atoms with van der Waals surface area (Å²) >= 11 is 0. The van der Waals surface area contributed by atoms with E-state index >= 15 is 0 Å². The normalized spacial score (nSPS) is 28.8. The zero-order valence-corrected chi connectivity index (χ0v) is 7.67. The number of hydrogen-bond donors (Lipinski definition) is 1. The van der Waals surface area contributed by atoms with E-state index in [2.05, 4.69) is 11.8 Å². The molecule has 0 aromatic rings. The largest absolute Gasteiger partial charge is 0.389 e. The summed E-state index contributed by atoms with van der Waals surface area (Å²) < 4.78 is 12.0. The summed E-state index contributed by atoms with van der Waals surface area (Å²) in [4.78, 5) is 2.17. The summed E-state index contributed by atoms with van der Waals surface area (Å²) in [5.41, 5.74) is 0. The summed E-state index contributed by atoms with van der Waals surface area (Å²) in [7, 11) is 0. The molecule has 1 N–H and O–H groups in total. The number of aliphatic hydroxyl groups is 1. The van der Waals surface area contributed by atoms with Crippen molar-refractivity contribution in [1.29, 1.82) is 0 Å². The zero-order valence-electron chi connectivity index (χ0n) is 7.67. The van der Waals surface area contributed by atoms with Gasteiger partial charge in [-0.3, -0.25) is 4.90 Å². The summed E-state index contributed by atoms with van der Waals surface area (Å²) in [6, 6.07) is 0.514. The van der Waals surface area contributed by atoms with Crippen molar-refractivity contribution in [1.82, 2.24) is 4.90 Å². The Balaban J connectivity index is 2.28. The van der Waals surface area contributed by atoms with Crippen LogP contribution in [-0.4, -0.2) is 41.9 Å². The van der Waals surface area contributed by atoms with E-state index in [4.69, 9.17) is 5.11 Å². The number of alkyl halides is 1. The van der Waals surface area contributed by atoms with Gasteiger partial charge in [-0.05, 0) is 26.3 Å². The maximum atomic E-state index is 12.0. The lowest BCUT2D eigenvalue weighted by Crippen LogP contribution is -2.42. The molecule has 1 aliphatic heterocycles. The molecule has 1 fully saturated rings. The third-order valence-electron chi connectivity index (χ3n) is 2.56. The number of rotatable bonds is 3. The first-order valence-electron chi connectivity index (χ1n) is 4.72. The van der Waals surface area contributed by atoms with Crippen LogP contribution in [0.2, 0.25) is 0 Å². The summed E-state index contributed by atoms with van der Waals surface area (Å²) in [5.74, 6) is 0. The molecule has 0 radical (unpaired) electrons. The Morgan fingerprint density at radius 1 is 1.58 bits per heavy atom. The summed E-state index contributed by atoms with van der Waals surface area (Å²) in [5, 5.41) is 9.11. The quantitative estimate of drug-likeness (QED) is 0.696. The van der Waals surface area contributed by atoms with Gasteiger partial charge >= 0.3 is 0 Å². The van der Waals surface area contributed by atoms with Gasteiger partial charge in [-0.2, -0.15) is 0 Å². The number of β-amino-alcohol motifs (C(OH)–C–C–N with tert-alkyl or cyclic N) is 1. The van der Waals surface area contributed by atoms with Crippen molar-refractivity contribution in [3.8, 4) is 0 Å². The number of halogens is 1. The molecule has 0 saturated carbocycles. The fourth-order valence-corrected chi connectivity index (χ4v) is 1.75. The Morgan fingerprint density at radius 3 is 2.92 bits per heavy atom. The van der Waals surface area contributed by atoms with E-state index in [9.17, 15) is 4.39 Å². The minimum Gasteiger partial charge on any atom is -0.389 e. The fourth-order valence-electron chi connectivity index (χ4n) is 1.75. The van der Waals surface area contributed by atoms with Gasteiger partial charge in [-0.15, -0.1) is 0 Å². The van der Waals surface area contributed by atoms with Crippen LogP contribution in [0.25, 0.3) is 0 Å². The van der Waals surface area contributed by atoms with Crippen LogP contribution in [0, 0.1) is 0 Å². The van der Waals surface area contributed by atoms with Gasteiger partial charge < -0.3 is 5.11 Å². The monoisotopic (exact) mass is 175 g/mol. The lowest BCUT2D eigenvalue weighted by atomic mass is 10.0. The molecule has 0 bridgehead atoms. The molecule has 1 rings (SSSR count). The Hall–Kier alpha value is -0.150. The maximum Gasteiger partial charge on any atom is 0.117 e. The molecule has 2 atom stereocenters. The zero-order chi connectivity index (χ0) is 8.97. The minimum absolute atomic E-state index is 0.498. The third-order valence-corrected chi connectivity index (χ3v) is 2.56. The van der Waals surface area contributed by atoms with Gasteiger partial charge in [0, 0.05) is 12.6 Å². The Bertz CT molecular complexity index is 132. The van der Waals surface area contributed by atoms with E-state index in [0.717, 1.165) is 6.54 Å². The van der Waals surface area contributed by atoms with Crippen LogP contribution in [0.5, 0.6) is 0 Å². The van der Waals surface area contributed by atoms with Crippen molar-refractivity contribution in [3.05, 3.63) is 0 Å². The van der Waals surface area contributed by atoms with Crippen LogP contribution >= 0.6 is 0 Å². The molecule has 12 heavy (non-hydrogen) atoms. The molecule has 0 aliphatic carbocycles. The van der Waals surface area contributed by atoms with Gasteiger partial charge in [0.25, 0.3) is 0 Å². The number of likely N-dealkylation sites (tertiary alicyclic amines) is 1. The molecule has 2 nitrogen and oxygen atoms in total.